The van der Waals surface area contributed by atoms with Crippen LogP contribution in [0, 0.1) is 5.82 Å². The van der Waals surface area contributed by atoms with Crippen molar-refractivity contribution in [3.63, 3.8) is 0 Å². The molecule has 0 spiro atoms. The third-order valence-corrected chi connectivity index (χ3v) is 4.18. The number of anilines is 2. The number of nitrogen functional groups attached to an aromatic ring is 1. The van der Waals surface area contributed by atoms with Crippen LogP contribution in [-0.4, -0.2) is 27.2 Å². The molecular weight excluding hydrogens is 339 g/mol. The average molecular weight is 355 g/mol. The number of halogens is 2. The van der Waals surface area contributed by atoms with Gasteiger partial charge in [-0.25, -0.2) is 9.37 Å². The molecular formula is C14H16BrFN4O. The minimum atomic E-state index is -0.404. The van der Waals surface area contributed by atoms with Crippen molar-refractivity contribution in [1.29, 1.82) is 0 Å². The summed E-state index contributed by atoms with van der Waals surface area (Å²) in [6.07, 6.45) is 2.97. The minimum Gasteiger partial charge on any atom is -0.393 e. The summed E-state index contributed by atoms with van der Waals surface area (Å²) >= 11 is 3.24. The van der Waals surface area contributed by atoms with Crippen molar-refractivity contribution >= 4 is 38.6 Å². The fourth-order valence-corrected chi connectivity index (χ4v) is 3.21. The van der Waals surface area contributed by atoms with Crippen LogP contribution in [0.2, 0.25) is 0 Å². The quantitative estimate of drug-likeness (QED) is 0.772. The smallest absolute Gasteiger partial charge is 0.222 e. The molecule has 4 N–H and O–H groups in total. The summed E-state index contributed by atoms with van der Waals surface area (Å²) in [6, 6.07) is 3.15. The highest BCUT2D eigenvalue weighted by atomic mass is 79.9. The highest BCUT2D eigenvalue weighted by Crippen LogP contribution is 2.30. The first kappa shape index (κ1) is 14.5. The number of aliphatic hydroxyl groups is 1. The van der Waals surface area contributed by atoms with E-state index in [4.69, 9.17) is 5.73 Å². The summed E-state index contributed by atoms with van der Waals surface area (Å²) in [5.74, 6) is 0.0821. The van der Waals surface area contributed by atoms with Crippen LogP contribution in [0.3, 0.4) is 0 Å². The van der Waals surface area contributed by atoms with Gasteiger partial charge in [-0.2, -0.15) is 4.98 Å². The molecule has 5 nitrogen and oxygen atoms in total. The zero-order valence-electron chi connectivity index (χ0n) is 11.3. The number of nitrogens with two attached hydrogens (primary N) is 1. The summed E-state index contributed by atoms with van der Waals surface area (Å²) in [4.78, 5) is 8.20. The Balaban J connectivity index is 2.01. The predicted octanol–water partition coefficient (Wildman–Crippen LogP) is 2.83. The summed E-state index contributed by atoms with van der Waals surface area (Å²) in [6.45, 7) is 0. The van der Waals surface area contributed by atoms with E-state index in [1.807, 2.05) is 0 Å². The summed E-state index contributed by atoms with van der Waals surface area (Å²) in [7, 11) is 0. The van der Waals surface area contributed by atoms with E-state index in [0.717, 1.165) is 19.3 Å². The lowest BCUT2D eigenvalue weighted by Crippen LogP contribution is -2.30. The SMILES string of the molecule is Nc1nc(NC2CCCC(O)C2)c2c(F)cc(Br)cc2n1. The Kier molecular flexibility index (Phi) is 3.95. The summed E-state index contributed by atoms with van der Waals surface area (Å²) in [5.41, 5.74) is 6.16. The second kappa shape index (κ2) is 5.73. The first-order valence-electron chi connectivity index (χ1n) is 6.90. The maximum Gasteiger partial charge on any atom is 0.222 e. The lowest BCUT2D eigenvalue weighted by Gasteiger charge is -2.27. The molecule has 1 aromatic heterocycles. The first-order chi connectivity index (χ1) is 10.0. The normalized spacial score (nSPS) is 22.4. The van der Waals surface area contributed by atoms with Crippen LogP contribution in [0.25, 0.3) is 10.9 Å². The van der Waals surface area contributed by atoms with E-state index in [1.54, 1.807) is 6.07 Å². The van der Waals surface area contributed by atoms with E-state index in [1.165, 1.54) is 6.07 Å². The van der Waals surface area contributed by atoms with Crippen LogP contribution in [-0.2, 0) is 0 Å². The van der Waals surface area contributed by atoms with Crippen molar-refractivity contribution in [3.8, 4) is 0 Å². The Morgan fingerprint density at radius 2 is 2.14 bits per heavy atom. The molecule has 0 radical (unpaired) electrons. The largest absolute Gasteiger partial charge is 0.393 e. The third-order valence-electron chi connectivity index (χ3n) is 3.72. The maximum atomic E-state index is 14.2. The molecule has 1 heterocycles. The van der Waals surface area contributed by atoms with E-state index < -0.39 is 5.82 Å². The molecule has 0 saturated heterocycles. The number of aliphatic hydroxyl groups excluding tert-OH is 1. The van der Waals surface area contributed by atoms with Gasteiger partial charge in [-0.1, -0.05) is 15.9 Å². The van der Waals surface area contributed by atoms with Gasteiger partial charge in [-0.05, 0) is 37.8 Å². The molecule has 1 aliphatic rings. The highest BCUT2D eigenvalue weighted by Gasteiger charge is 2.22. The van der Waals surface area contributed by atoms with Gasteiger partial charge in [0, 0.05) is 10.5 Å². The van der Waals surface area contributed by atoms with Crippen molar-refractivity contribution in [2.75, 3.05) is 11.1 Å². The van der Waals surface area contributed by atoms with Gasteiger partial charge in [0.2, 0.25) is 5.95 Å². The lowest BCUT2D eigenvalue weighted by molar-refractivity contribution is 0.124. The fraction of sp³-hybridized carbons (Fsp3) is 0.429. The third kappa shape index (κ3) is 3.08. The summed E-state index contributed by atoms with van der Waals surface area (Å²) < 4.78 is 14.8. The molecule has 2 atom stereocenters. The number of aromatic nitrogens is 2. The Labute approximate surface area is 129 Å². The van der Waals surface area contributed by atoms with Crippen LogP contribution in [0.15, 0.2) is 16.6 Å². The van der Waals surface area contributed by atoms with Gasteiger partial charge < -0.3 is 16.2 Å². The van der Waals surface area contributed by atoms with E-state index in [9.17, 15) is 9.50 Å². The fourth-order valence-electron chi connectivity index (χ4n) is 2.79. The number of nitrogens with one attached hydrogen (secondary N) is 1. The van der Waals surface area contributed by atoms with Crippen LogP contribution >= 0.6 is 15.9 Å². The standard InChI is InChI=1S/C14H16BrFN4O/c15-7-4-10(16)12-11(5-7)19-14(17)20-13(12)18-8-2-1-3-9(21)6-8/h4-5,8-9,21H,1-3,6H2,(H3,17,18,19,20). The van der Waals surface area contributed by atoms with Crippen LogP contribution < -0.4 is 11.1 Å². The van der Waals surface area contributed by atoms with Gasteiger partial charge >= 0.3 is 0 Å². The number of rotatable bonds is 2. The molecule has 0 amide bonds. The topological polar surface area (TPSA) is 84.1 Å². The van der Waals surface area contributed by atoms with Crippen molar-refractivity contribution in [2.45, 2.75) is 37.8 Å². The number of hydrogen-bond acceptors (Lipinski definition) is 5. The molecule has 0 aliphatic heterocycles. The summed E-state index contributed by atoms with van der Waals surface area (Å²) in [5, 5.41) is 13.3. The van der Waals surface area contributed by atoms with Crippen molar-refractivity contribution < 1.29 is 9.50 Å². The zero-order chi connectivity index (χ0) is 15.0. The molecule has 1 aliphatic carbocycles. The Bertz CT molecular complexity index is 676. The van der Waals surface area contributed by atoms with Crippen molar-refractivity contribution in [3.05, 3.63) is 22.4 Å². The van der Waals surface area contributed by atoms with E-state index in [0.29, 0.717) is 27.6 Å². The molecule has 1 saturated carbocycles. The molecule has 1 aromatic carbocycles. The minimum absolute atomic E-state index is 0.0642. The molecule has 7 heteroatoms. The zero-order valence-corrected chi connectivity index (χ0v) is 12.9. The molecule has 1 fully saturated rings. The molecule has 2 aromatic rings. The number of fused-ring (bicyclic) bond motifs is 1. The van der Waals surface area contributed by atoms with E-state index in [2.05, 4.69) is 31.2 Å². The van der Waals surface area contributed by atoms with Gasteiger partial charge in [0.25, 0.3) is 0 Å². The average Bonchev–Trinajstić information content (AvgIpc) is 2.36. The second-order valence-electron chi connectivity index (χ2n) is 5.37. The van der Waals surface area contributed by atoms with Crippen molar-refractivity contribution in [2.24, 2.45) is 0 Å². The highest BCUT2D eigenvalue weighted by molar-refractivity contribution is 9.10. The van der Waals surface area contributed by atoms with E-state index >= 15 is 0 Å². The molecule has 112 valence electrons. The monoisotopic (exact) mass is 354 g/mol. The van der Waals surface area contributed by atoms with E-state index in [-0.39, 0.29) is 18.1 Å². The molecule has 2 unspecified atom stereocenters. The van der Waals surface area contributed by atoms with Crippen LogP contribution in [0.4, 0.5) is 16.2 Å². The van der Waals surface area contributed by atoms with Gasteiger partial charge in [0.15, 0.2) is 0 Å². The van der Waals surface area contributed by atoms with Crippen LogP contribution in [0.1, 0.15) is 25.7 Å². The van der Waals surface area contributed by atoms with Crippen molar-refractivity contribution in [1.82, 2.24) is 9.97 Å². The number of nitrogens with zero attached hydrogens (tertiary/aromatic N) is 2. The molecule has 0 bridgehead atoms. The first-order valence-corrected chi connectivity index (χ1v) is 7.69. The van der Waals surface area contributed by atoms with Gasteiger partial charge in [0.1, 0.15) is 11.6 Å². The molecule has 21 heavy (non-hydrogen) atoms. The lowest BCUT2D eigenvalue weighted by atomic mass is 9.93. The van der Waals surface area contributed by atoms with Gasteiger partial charge in [-0.15, -0.1) is 0 Å². The van der Waals surface area contributed by atoms with Gasteiger partial charge in [0.05, 0.1) is 17.0 Å². The number of benzene rings is 1. The Morgan fingerprint density at radius 3 is 2.90 bits per heavy atom. The maximum absolute atomic E-state index is 14.2. The Hall–Kier alpha value is -1.47. The Morgan fingerprint density at radius 1 is 1.33 bits per heavy atom. The van der Waals surface area contributed by atoms with Crippen LogP contribution in [0.5, 0.6) is 0 Å². The molecule has 3 rings (SSSR count). The van der Waals surface area contributed by atoms with Gasteiger partial charge in [-0.3, -0.25) is 0 Å². The second-order valence-corrected chi connectivity index (χ2v) is 6.29. The number of hydrogen-bond donors (Lipinski definition) is 3. The predicted molar refractivity (Wildman–Crippen MR) is 83.5 cm³/mol.